The van der Waals surface area contributed by atoms with Crippen LogP contribution in [0.5, 0.6) is 0 Å². The van der Waals surface area contributed by atoms with E-state index < -0.39 is 0 Å². The second kappa shape index (κ2) is 8.06. The van der Waals surface area contributed by atoms with Crippen LogP contribution in [0, 0.1) is 5.92 Å². The predicted molar refractivity (Wildman–Crippen MR) is 75.2 cm³/mol. The molecule has 1 atom stereocenters. The second-order valence-electron chi connectivity index (χ2n) is 5.15. The van der Waals surface area contributed by atoms with Gasteiger partial charge in [0.15, 0.2) is 0 Å². The summed E-state index contributed by atoms with van der Waals surface area (Å²) in [4.78, 5) is 5.10. The molecule has 17 heavy (non-hydrogen) atoms. The van der Waals surface area contributed by atoms with E-state index >= 15 is 0 Å². The van der Waals surface area contributed by atoms with Crippen molar-refractivity contribution >= 4 is 0 Å². The first-order valence-electron chi connectivity index (χ1n) is 7.43. The van der Waals surface area contributed by atoms with Crippen molar-refractivity contribution in [1.29, 1.82) is 0 Å². The first-order valence-corrected chi connectivity index (χ1v) is 7.43. The maximum atomic E-state index is 5.92. The molecule has 102 valence electrons. The predicted octanol–water partition coefficient (Wildman–Crippen LogP) is 1.78. The Bertz CT molecular complexity index is 188. The standard InChI is InChI=1S/C14H31N3/c1-4-16(5-2)10-7-11-17(6-3)14(12-15)13-8-9-13/h13-14H,4-12,15H2,1-3H3. The van der Waals surface area contributed by atoms with Gasteiger partial charge in [-0.25, -0.2) is 0 Å². The fourth-order valence-corrected chi connectivity index (χ4v) is 2.72. The molecule has 0 saturated heterocycles. The van der Waals surface area contributed by atoms with Crippen LogP contribution < -0.4 is 5.73 Å². The lowest BCUT2D eigenvalue weighted by atomic mass is 10.1. The summed E-state index contributed by atoms with van der Waals surface area (Å²) in [5, 5.41) is 0. The normalized spacial score (nSPS) is 18.0. The maximum Gasteiger partial charge on any atom is 0.0246 e. The molecule has 1 aliphatic rings. The fourth-order valence-electron chi connectivity index (χ4n) is 2.72. The molecular weight excluding hydrogens is 210 g/mol. The Morgan fingerprint density at radius 3 is 2.12 bits per heavy atom. The Morgan fingerprint density at radius 2 is 1.71 bits per heavy atom. The molecule has 0 heterocycles. The van der Waals surface area contributed by atoms with Gasteiger partial charge in [0.1, 0.15) is 0 Å². The summed E-state index contributed by atoms with van der Waals surface area (Å²) in [5.74, 6) is 0.897. The molecule has 0 spiro atoms. The summed E-state index contributed by atoms with van der Waals surface area (Å²) < 4.78 is 0. The Hall–Kier alpha value is -0.120. The van der Waals surface area contributed by atoms with Gasteiger partial charge < -0.3 is 10.6 Å². The maximum absolute atomic E-state index is 5.92. The highest BCUT2D eigenvalue weighted by atomic mass is 15.2. The summed E-state index contributed by atoms with van der Waals surface area (Å²) >= 11 is 0. The second-order valence-corrected chi connectivity index (χ2v) is 5.15. The first-order chi connectivity index (χ1) is 8.26. The number of likely N-dealkylation sites (N-methyl/N-ethyl adjacent to an activating group) is 1. The molecule has 1 unspecified atom stereocenters. The van der Waals surface area contributed by atoms with Crippen LogP contribution in [-0.2, 0) is 0 Å². The van der Waals surface area contributed by atoms with Gasteiger partial charge in [0, 0.05) is 12.6 Å². The van der Waals surface area contributed by atoms with E-state index in [1.54, 1.807) is 0 Å². The van der Waals surface area contributed by atoms with E-state index in [-0.39, 0.29) is 0 Å². The van der Waals surface area contributed by atoms with Gasteiger partial charge >= 0.3 is 0 Å². The van der Waals surface area contributed by atoms with Crippen molar-refractivity contribution in [1.82, 2.24) is 9.80 Å². The van der Waals surface area contributed by atoms with E-state index in [0.717, 1.165) is 19.0 Å². The van der Waals surface area contributed by atoms with Crippen molar-refractivity contribution in [2.24, 2.45) is 11.7 Å². The average Bonchev–Trinajstić information content (AvgIpc) is 3.17. The molecule has 0 radical (unpaired) electrons. The lowest BCUT2D eigenvalue weighted by molar-refractivity contribution is 0.176. The Kier molecular flexibility index (Phi) is 7.09. The van der Waals surface area contributed by atoms with Crippen LogP contribution >= 0.6 is 0 Å². The molecule has 3 heteroatoms. The van der Waals surface area contributed by atoms with E-state index in [0.29, 0.717) is 6.04 Å². The van der Waals surface area contributed by atoms with Crippen molar-refractivity contribution in [3.63, 3.8) is 0 Å². The molecule has 0 aromatic heterocycles. The largest absolute Gasteiger partial charge is 0.329 e. The third-order valence-corrected chi connectivity index (χ3v) is 4.10. The monoisotopic (exact) mass is 241 g/mol. The molecule has 0 aliphatic heterocycles. The van der Waals surface area contributed by atoms with Gasteiger partial charge in [-0.2, -0.15) is 0 Å². The molecule has 1 rings (SSSR count). The minimum atomic E-state index is 0.650. The van der Waals surface area contributed by atoms with E-state index in [1.165, 1.54) is 45.4 Å². The van der Waals surface area contributed by atoms with Crippen LogP contribution in [0.2, 0.25) is 0 Å². The summed E-state index contributed by atoms with van der Waals surface area (Å²) in [6.45, 7) is 13.5. The first kappa shape index (κ1) is 14.9. The molecule has 0 bridgehead atoms. The number of nitrogens with two attached hydrogens (primary N) is 1. The molecule has 0 aromatic carbocycles. The minimum Gasteiger partial charge on any atom is -0.329 e. The summed E-state index contributed by atoms with van der Waals surface area (Å²) in [6, 6.07) is 0.650. The van der Waals surface area contributed by atoms with Crippen molar-refractivity contribution in [2.45, 2.75) is 46.1 Å². The van der Waals surface area contributed by atoms with Crippen LogP contribution in [0.15, 0.2) is 0 Å². The van der Waals surface area contributed by atoms with Crippen LogP contribution in [-0.4, -0.2) is 55.1 Å². The molecular formula is C14H31N3. The zero-order valence-electron chi connectivity index (χ0n) is 12.0. The smallest absolute Gasteiger partial charge is 0.0246 e. The summed E-state index contributed by atoms with van der Waals surface area (Å²) in [7, 11) is 0. The van der Waals surface area contributed by atoms with Gasteiger partial charge in [-0.05, 0) is 57.9 Å². The van der Waals surface area contributed by atoms with Crippen molar-refractivity contribution in [2.75, 3.05) is 39.3 Å². The van der Waals surface area contributed by atoms with Crippen LogP contribution in [0.1, 0.15) is 40.0 Å². The van der Waals surface area contributed by atoms with Gasteiger partial charge in [0.05, 0.1) is 0 Å². The van der Waals surface area contributed by atoms with Crippen molar-refractivity contribution < 1.29 is 0 Å². The van der Waals surface area contributed by atoms with Gasteiger partial charge in [-0.3, -0.25) is 4.90 Å². The topological polar surface area (TPSA) is 32.5 Å². The van der Waals surface area contributed by atoms with E-state index in [1.807, 2.05) is 0 Å². The molecule has 3 nitrogen and oxygen atoms in total. The van der Waals surface area contributed by atoms with Crippen LogP contribution in [0.4, 0.5) is 0 Å². The van der Waals surface area contributed by atoms with Crippen LogP contribution in [0.3, 0.4) is 0 Å². The summed E-state index contributed by atoms with van der Waals surface area (Å²) in [5.41, 5.74) is 5.92. The minimum absolute atomic E-state index is 0.650. The number of rotatable bonds is 10. The zero-order chi connectivity index (χ0) is 12.7. The molecule has 0 aromatic rings. The lowest BCUT2D eigenvalue weighted by Gasteiger charge is -2.30. The van der Waals surface area contributed by atoms with Crippen LogP contribution in [0.25, 0.3) is 0 Å². The number of hydrogen-bond donors (Lipinski definition) is 1. The van der Waals surface area contributed by atoms with E-state index in [4.69, 9.17) is 5.73 Å². The zero-order valence-corrected chi connectivity index (χ0v) is 12.0. The quantitative estimate of drug-likeness (QED) is 0.633. The molecule has 1 aliphatic carbocycles. The Morgan fingerprint density at radius 1 is 1.06 bits per heavy atom. The average molecular weight is 241 g/mol. The van der Waals surface area contributed by atoms with Gasteiger partial charge in [0.25, 0.3) is 0 Å². The molecule has 2 N–H and O–H groups in total. The van der Waals surface area contributed by atoms with Gasteiger partial charge in [-0.15, -0.1) is 0 Å². The molecule has 0 amide bonds. The SMILES string of the molecule is CCN(CC)CCCN(CC)C(CN)C1CC1. The molecule has 1 saturated carbocycles. The third kappa shape index (κ3) is 4.94. The van der Waals surface area contributed by atoms with Gasteiger partial charge in [-0.1, -0.05) is 20.8 Å². The lowest BCUT2D eigenvalue weighted by Crippen LogP contribution is -2.43. The highest BCUT2D eigenvalue weighted by Gasteiger charge is 2.33. The fraction of sp³-hybridized carbons (Fsp3) is 1.00. The van der Waals surface area contributed by atoms with E-state index in [9.17, 15) is 0 Å². The van der Waals surface area contributed by atoms with Crippen molar-refractivity contribution in [3.8, 4) is 0 Å². The number of hydrogen-bond acceptors (Lipinski definition) is 3. The highest BCUT2D eigenvalue weighted by Crippen LogP contribution is 2.34. The highest BCUT2D eigenvalue weighted by molar-refractivity contribution is 4.88. The van der Waals surface area contributed by atoms with E-state index in [2.05, 4.69) is 30.6 Å². The molecule has 1 fully saturated rings. The number of nitrogens with zero attached hydrogens (tertiary/aromatic N) is 2. The van der Waals surface area contributed by atoms with Crippen molar-refractivity contribution in [3.05, 3.63) is 0 Å². The Balaban J connectivity index is 2.25. The van der Waals surface area contributed by atoms with Gasteiger partial charge in [0.2, 0.25) is 0 Å². The third-order valence-electron chi connectivity index (χ3n) is 4.10. The summed E-state index contributed by atoms with van der Waals surface area (Å²) in [6.07, 6.45) is 4.07. The Labute approximate surface area is 107 Å².